The van der Waals surface area contributed by atoms with Gasteiger partial charge in [0.1, 0.15) is 5.75 Å². The maximum absolute atomic E-state index is 11.1. The van der Waals surface area contributed by atoms with E-state index in [4.69, 9.17) is 4.74 Å². The molecular formula is C15H18N2O3S. The van der Waals surface area contributed by atoms with Crippen molar-refractivity contribution in [2.45, 2.75) is 6.92 Å². The normalized spacial score (nSPS) is 11.0. The van der Waals surface area contributed by atoms with Crippen LogP contribution in [0.3, 0.4) is 0 Å². The van der Waals surface area contributed by atoms with Crippen molar-refractivity contribution in [2.24, 2.45) is 0 Å². The number of ether oxygens (including phenoxy) is 1. The first kappa shape index (κ1) is 15.2. The van der Waals surface area contributed by atoms with Gasteiger partial charge in [-0.2, -0.15) is 0 Å². The Bertz CT molecular complexity index is 680. The van der Waals surface area contributed by atoms with Crippen LogP contribution in [-0.4, -0.2) is 21.3 Å². The molecule has 112 valence electrons. The van der Waals surface area contributed by atoms with Gasteiger partial charge < -0.3 is 10.1 Å². The minimum absolute atomic E-state index is 0.537. The molecule has 0 radical (unpaired) electrons. The minimum Gasteiger partial charge on any atom is -0.494 e. The summed E-state index contributed by atoms with van der Waals surface area (Å²) in [7, 11) is -3.24. The molecule has 0 spiro atoms. The Morgan fingerprint density at radius 2 is 1.38 bits per heavy atom. The fraction of sp³-hybridized carbons (Fsp3) is 0.200. The van der Waals surface area contributed by atoms with E-state index in [1.807, 2.05) is 43.3 Å². The van der Waals surface area contributed by atoms with Crippen LogP contribution in [0.2, 0.25) is 0 Å². The third-order valence-corrected chi connectivity index (χ3v) is 3.25. The van der Waals surface area contributed by atoms with Gasteiger partial charge in [-0.15, -0.1) is 0 Å². The van der Waals surface area contributed by atoms with Crippen LogP contribution < -0.4 is 14.8 Å². The molecule has 0 aliphatic rings. The van der Waals surface area contributed by atoms with Gasteiger partial charge in [-0.25, -0.2) is 8.42 Å². The van der Waals surface area contributed by atoms with Gasteiger partial charge in [0, 0.05) is 17.1 Å². The van der Waals surface area contributed by atoms with Crippen LogP contribution in [0.25, 0.3) is 0 Å². The second-order valence-corrected chi connectivity index (χ2v) is 6.28. The van der Waals surface area contributed by atoms with Crippen molar-refractivity contribution >= 4 is 27.1 Å². The summed E-state index contributed by atoms with van der Waals surface area (Å²) in [6, 6.07) is 14.7. The van der Waals surface area contributed by atoms with Crippen molar-refractivity contribution < 1.29 is 13.2 Å². The van der Waals surface area contributed by atoms with E-state index >= 15 is 0 Å². The van der Waals surface area contributed by atoms with Crippen LogP contribution in [0.4, 0.5) is 17.1 Å². The van der Waals surface area contributed by atoms with E-state index < -0.39 is 10.0 Å². The van der Waals surface area contributed by atoms with Crippen molar-refractivity contribution in [3.8, 4) is 5.75 Å². The zero-order valence-corrected chi connectivity index (χ0v) is 12.8. The molecule has 0 atom stereocenters. The molecule has 0 aliphatic carbocycles. The monoisotopic (exact) mass is 306 g/mol. The number of sulfonamides is 1. The van der Waals surface area contributed by atoms with E-state index in [-0.39, 0.29) is 0 Å². The number of hydrogen-bond acceptors (Lipinski definition) is 4. The Kier molecular flexibility index (Phi) is 4.70. The Morgan fingerprint density at radius 3 is 1.86 bits per heavy atom. The van der Waals surface area contributed by atoms with Crippen LogP contribution in [0.15, 0.2) is 48.5 Å². The average molecular weight is 306 g/mol. The molecule has 0 fully saturated rings. The Hall–Kier alpha value is -2.21. The summed E-state index contributed by atoms with van der Waals surface area (Å²) in [5, 5.41) is 3.23. The summed E-state index contributed by atoms with van der Waals surface area (Å²) < 4.78 is 30.0. The zero-order valence-electron chi connectivity index (χ0n) is 12.0. The van der Waals surface area contributed by atoms with E-state index in [0.717, 1.165) is 23.4 Å². The summed E-state index contributed by atoms with van der Waals surface area (Å²) >= 11 is 0. The highest BCUT2D eigenvalue weighted by Crippen LogP contribution is 2.21. The molecule has 0 amide bonds. The van der Waals surface area contributed by atoms with Gasteiger partial charge in [0.25, 0.3) is 0 Å². The number of benzene rings is 2. The Labute approximate surface area is 125 Å². The number of anilines is 3. The fourth-order valence-electron chi connectivity index (χ4n) is 1.80. The highest BCUT2D eigenvalue weighted by atomic mass is 32.2. The van der Waals surface area contributed by atoms with Gasteiger partial charge >= 0.3 is 0 Å². The first-order valence-electron chi connectivity index (χ1n) is 6.54. The predicted octanol–water partition coefficient (Wildman–Crippen LogP) is 3.20. The predicted molar refractivity (Wildman–Crippen MR) is 85.8 cm³/mol. The molecule has 0 saturated heterocycles. The molecule has 5 nitrogen and oxygen atoms in total. The largest absolute Gasteiger partial charge is 0.494 e. The molecule has 2 rings (SSSR count). The molecular weight excluding hydrogens is 288 g/mol. The van der Waals surface area contributed by atoms with Gasteiger partial charge in [-0.1, -0.05) is 0 Å². The molecule has 0 bridgehead atoms. The smallest absolute Gasteiger partial charge is 0.229 e. The average Bonchev–Trinajstić information content (AvgIpc) is 2.42. The highest BCUT2D eigenvalue weighted by molar-refractivity contribution is 7.92. The van der Waals surface area contributed by atoms with Crippen molar-refractivity contribution in [1.82, 2.24) is 0 Å². The lowest BCUT2D eigenvalue weighted by molar-refractivity contribution is 0.340. The van der Waals surface area contributed by atoms with Crippen LogP contribution >= 0.6 is 0 Å². The zero-order chi connectivity index (χ0) is 15.3. The molecule has 0 unspecified atom stereocenters. The van der Waals surface area contributed by atoms with Gasteiger partial charge in [0.05, 0.1) is 12.9 Å². The lowest BCUT2D eigenvalue weighted by Crippen LogP contribution is -2.09. The second-order valence-electron chi connectivity index (χ2n) is 4.53. The van der Waals surface area contributed by atoms with Crippen molar-refractivity contribution in [3.05, 3.63) is 48.5 Å². The SMILES string of the molecule is CCOc1ccc(Nc2ccc(NS(C)(=O)=O)cc2)cc1. The van der Waals surface area contributed by atoms with Crippen LogP contribution in [0, 0.1) is 0 Å². The van der Waals surface area contributed by atoms with Gasteiger partial charge in [-0.3, -0.25) is 4.72 Å². The highest BCUT2D eigenvalue weighted by Gasteiger charge is 2.02. The summed E-state index contributed by atoms with van der Waals surface area (Å²) in [6.07, 6.45) is 1.12. The van der Waals surface area contributed by atoms with E-state index in [0.29, 0.717) is 12.3 Å². The van der Waals surface area contributed by atoms with Crippen LogP contribution in [0.1, 0.15) is 6.92 Å². The van der Waals surface area contributed by atoms with E-state index in [1.165, 1.54) is 0 Å². The lowest BCUT2D eigenvalue weighted by atomic mass is 10.2. The molecule has 2 N–H and O–H groups in total. The van der Waals surface area contributed by atoms with Crippen LogP contribution in [-0.2, 0) is 10.0 Å². The maximum atomic E-state index is 11.1. The lowest BCUT2D eigenvalue weighted by Gasteiger charge is -2.09. The van der Waals surface area contributed by atoms with E-state index in [2.05, 4.69) is 10.0 Å². The quantitative estimate of drug-likeness (QED) is 0.860. The molecule has 0 heterocycles. The van der Waals surface area contributed by atoms with Crippen molar-refractivity contribution in [2.75, 3.05) is 22.9 Å². The molecule has 0 saturated carbocycles. The summed E-state index contributed by atoms with van der Waals surface area (Å²) in [5.74, 6) is 0.829. The molecule has 2 aromatic carbocycles. The van der Waals surface area contributed by atoms with E-state index in [9.17, 15) is 8.42 Å². The third-order valence-electron chi connectivity index (χ3n) is 2.64. The third kappa shape index (κ3) is 5.00. The van der Waals surface area contributed by atoms with Crippen molar-refractivity contribution in [1.29, 1.82) is 0 Å². The van der Waals surface area contributed by atoms with Crippen LogP contribution in [0.5, 0.6) is 5.75 Å². The topological polar surface area (TPSA) is 67.4 Å². The molecule has 21 heavy (non-hydrogen) atoms. The molecule has 0 aromatic heterocycles. The minimum atomic E-state index is -3.24. The van der Waals surface area contributed by atoms with Gasteiger partial charge in [0.2, 0.25) is 10.0 Å². The maximum Gasteiger partial charge on any atom is 0.229 e. The second kappa shape index (κ2) is 6.49. The first-order valence-corrected chi connectivity index (χ1v) is 8.43. The molecule has 6 heteroatoms. The number of rotatable bonds is 6. The van der Waals surface area contributed by atoms with Gasteiger partial charge in [0.15, 0.2) is 0 Å². The Balaban J connectivity index is 2.02. The number of hydrogen-bond donors (Lipinski definition) is 2. The Morgan fingerprint density at radius 1 is 0.905 bits per heavy atom. The summed E-state index contributed by atoms with van der Waals surface area (Å²) in [4.78, 5) is 0. The molecule has 2 aromatic rings. The standard InChI is InChI=1S/C15H18N2O3S/c1-3-20-15-10-8-13(9-11-15)16-12-4-6-14(7-5-12)17-21(2,18)19/h4-11,16-17H,3H2,1-2H3. The first-order chi connectivity index (χ1) is 9.96. The number of nitrogens with one attached hydrogen (secondary N) is 2. The van der Waals surface area contributed by atoms with Gasteiger partial charge in [-0.05, 0) is 55.5 Å². The summed E-state index contributed by atoms with van der Waals surface area (Å²) in [6.45, 7) is 2.58. The van der Waals surface area contributed by atoms with Crippen molar-refractivity contribution in [3.63, 3.8) is 0 Å². The molecule has 0 aliphatic heterocycles. The fourth-order valence-corrected chi connectivity index (χ4v) is 2.37. The van der Waals surface area contributed by atoms with E-state index in [1.54, 1.807) is 12.1 Å². The summed E-state index contributed by atoms with van der Waals surface area (Å²) in [5.41, 5.74) is 2.34.